The molecule has 1 aromatic heterocycles. The Kier molecular flexibility index (Phi) is 3.47. The second kappa shape index (κ2) is 4.90. The van der Waals surface area contributed by atoms with Gasteiger partial charge in [0.05, 0.1) is 8.07 Å². The summed E-state index contributed by atoms with van der Waals surface area (Å²) < 4.78 is 19.4. The topological polar surface area (TPSA) is 22.1 Å². The first-order chi connectivity index (χ1) is 8.47. The van der Waals surface area contributed by atoms with Gasteiger partial charge in [0.1, 0.15) is 5.75 Å². The van der Waals surface area contributed by atoms with Crippen molar-refractivity contribution in [1.82, 2.24) is 4.98 Å². The minimum atomic E-state index is -1.69. The molecule has 0 amide bonds. The first-order valence-electron chi connectivity index (χ1n) is 5.87. The van der Waals surface area contributed by atoms with Crippen LogP contribution in [0.2, 0.25) is 19.6 Å². The maximum atomic E-state index is 13.9. The van der Waals surface area contributed by atoms with Crippen molar-refractivity contribution in [1.29, 1.82) is 0 Å². The van der Waals surface area contributed by atoms with Gasteiger partial charge in [0.15, 0.2) is 0 Å². The van der Waals surface area contributed by atoms with E-state index in [1.165, 1.54) is 0 Å². The van der Waals surface area contributed by atoms with Crippen molar-refractivity contribution in [2.24, 2.45) is 0 Å². The van der Waals surface area contributed by atoms with Crippen LogP contribution < -0.4 is 9.92 Å². The number of pyridine rings is 1. The second-order valence-electron chi connectivity index (χ2n) is 5.15. The van der Waals surface area contributed by atoms with Crippen molar-refractivity contribution >= 4 is 13.3 Å². The molecule has 0 saturated heterocycles. The fourth-order valence-corrected chi connectivity index (χ4v) is 2.90. The van der Waals surface area contributed by atoms with Crippen LogP contribution in [0, 0.1) is 5.95 Å². The number of aromatic nitrogens is 1. The Balaban J connectivity index is 2.25. The average Bonchev–Trinajstić information content (AvgIpc) is 2.28. The third-order valence-corrected chi connectivity index (χ3v) is 4.59. The van der Waals surface area contributed by atoms with Gasteiger partial charge in [0.25, 0.3) is 0 Å². The highest BCUT2D eigenvalue weighted by Crippen LogP contribution is 2.18. The normalized spacial score (nSPS) is 11.3. The van der Waals surface area contributed by atoms with Gasteiger partial charge in [-0.1, -0.05) is 43.9 Å². The maximum Gasteiger partial charge on any atom is 0.221 e. The zero-order chi connectivity index (χ0) is 13.2. The van der Waals surface area contributed by atoms with Crippen LogP contribution in [0.4, 0.5) is 4.39 Å². The summed E-state index contributed by atoms with van der Waals surface area (Å²) in [5.41, 5.74) is 0. The number of hydrogen-bond donors (Lipinski definition) is 0. The molecule has 0 spiro atoms. The number of nitrogens with zero attached hydrogens (tertiary/aromatic N) is 1. The van der Waals surface area contributed by atoms with E-state index in [0.717, 1.165) is 5.19 Å². The van der Waals surface area contributed by atoms with Crippen molar-refractivity contribution in [2.75, 3.05) is 0 Å². The third kappa shape index (κ3) is 2.95. The van der Waals surface area contributed by atoms with Gasteiger partial charge in [-0.3, -0.25) is 0 Å². The zero-order valence-corrected chi connectivity index (χ0v) is 11.8. The van der Waals surface area contributed by atoms with Crippen LogP contribution in [-0.2, 0) is 0 Å². The van der Waals surface area contributed by atoms with Crippen LogP contribution >= 0.6 is 0 Å². The molecule has 0 N–H and O–H groups in total. The van der Waals surface area contributed by atoms with Gasteiger partial charge in [-0.05, 0) is 17.3 Å². The first kappa shape index (κ1) is 12.8. The van der Waals surface area contributed by atoms with E-state index in [9.17, 15) is 4.39 Å². The summed E-state index contributed by atoms with van der Waals surface area (Å²) in [7, 11) is -1.69. The Morgan fingerprint density at radius 3 is 2.22 bits per heavy atom. The Hall–Kier alpha value is -1.68. The van der Waals surface area contributed by atoms with E-state index in [1.54, 1.807) is 12.1 Å². The summed E-state index contributed by atoms with van der Waals surface area (Å²) in [5.74, 6) is 0.536. The van der Waals surface area contributed by atoms with E-state index in [4.69, 9.17) is 4.74 Å². The smallest absolute Gasteiger partial charge is 0.221 e. The summed E-state index contributed by atoms with van der Waals surface area (Å²) in [6.07, 6.45) is 0. The minimum Gasteiger partial charge on any atom is -0.439 e. The summed E-state index contributed by atoms with van der Waals surface area (Å²) in [5, 5.41) is 0.725. The molecule has 0 atom stereocenters. The first-order valence-corrected chi connectivity index (χ1v) is 9.37. The van der Waals surface area contributed by atoms with E-state index in [1.807, 2.05) is 30.3 Å². The summed E-state index contributed by atoms with van der Waals surface area (Å²) >= 11 is 0. The number of hydrogen-bond acceptors (Lipinski definition) is 2. The lowest BCUT2D eigenvalue weighted by Crippen LogP contribution is -2.40. The summed E-state index contributed by atoms with van der Waals surface area (Å²) in [6, 6.07) is 12.8. The molecule has 1 aromatic carbocycles. The molecule has 2 rings (SSSR count). The Bertz CT molecular complexity index is 537. The van der Waals surface area contributed by atoms with E-state index in [2.05, 4.69) is 24.6 Å². The lowest BCUT2D eigenvalue weighted by Gasteiger charge is -2.17. The van der Waals surface area contributed by atoms with Crippen molar-refractivity contribution < 1.29 is 9.13 Å². The van der Waals surface area contributed by atoms with Gasteiger partial charge in [-0.15, -0.1) is 0 Å². The molecule has 0 aliphatic rings. The number of halogens is 1. The van der Waals surface area contributed by atoms with Crippen molar-refractivity contribution in [3.63, 3.8) is 0 Å². The van der Waals surface area contributed by atoms with E-state index in [0.29, 0.717) is 11.6 Å². The quantitative estimate of drug-likeness (QED) is 0.622. The lowest BCUT2D eigenvalue weighted by atomic mass is 10.3. The van der Waals surface area contributed by atoms with Crippen LogP contribution in [0.3, 0.4) is 0 Å². The highest BCUT2D eigenvalue weighted by molar-refractivity contribution is 6.88. The molecule has 0 saturated carbocycles. The standard InChI is InChI=1S/C14H16FNOSi/c1-18(2,3)12-9-10-13(16-14(12)15)17-11-7-5-4-6-8-11/h4-10H,1-3H3. The lowest BCUT2D eigenvalue weighted by molar-refractivity contribution is 0.447. The SMILES string of the molecule is C[Si](C)(C)c1ccc(Oc2ccccc2)nc1F. The van der Waals surface area contributed by atoms with Gasteiger partial charge in [0, 0.05) is 6.07 Å². The van der Waals surface area contributed by atoms with Gasteiger partial charge < -0.3 is 4.74 Å². The van der Waals surface area contributed by atoms with E-state index >= 15 is 0 Å². The van der Waals surface area contributed by atoms with Gasteiger partial charge in [0.2, 0.25) is 11.8 Å². The molecular formula is C14H16FNOSi. The third-order valence-electron chi connectivity index (χ3n) is 2.60. The Morgan fingerprint density at radius 2 is 1.67 bits per heavy atom. The molecule has 0 unspecified atom stereocenters. The van der Waals surface area contributed by atoms with Crippen molar-refractivity contribution in [3.05, 3.63) is 48.4 Å². The number of rotatable bonds is 3. The molecule has 0 aliphatic carbocycles. The maximum absolute atomic E-state index is 13.9. The van der Waals surface area contributed by atoms with Crippen LogP contribution in [-0.4, -0.2) is 13.1 Å². The number of para-hydroxylation sites is 1. The van der Waals surface area contributed by atoms with Gasteiger partial charge >= 0.3 is 0 Å². The molecule has 4 heteroatoms. The van der Waals surface area contributed by atoms with Gasteiger partial charge in [-0.25, -0.2) is 0 Å². The van der Waals surface area contributed by atoms with E-state index < -0.39 is 14.0 Å². The summed E-state index contributed by atoms with van der Waals surface area (Å²) in [4.78, 5) is 3.88. The molecule has 0 bridgehead atoms. The minimum absolute atomic E-state index is 0.292. The zero-order valence-electron chi connectivity index (χ0n) is 10.8. The number of benzene rings is 1. The molecule has 94 valence electrons. The van der Waals surface area contributed by atoms with Crippen molar-refractivity contribution in [2.45, 2.75) is 19.6 Å². The molecule has 18 heavy (non-hydrogen) atoms. The Labute approximate surface area is 107 Å². The molecule has 0 fully saturated rings. The fraction of sp³-hybridized carbons (Fsp3) is 0.214. The largest absolute Gasteiger partial charge is 0.439 e. The molecule has 2 nitrogen and oxygen atoms in total. The highest BCUT2D eigenvalue weighted by Gasteiger charge is 2.22. The molecule has 1 heterocycles. The van der Waals surface area contributed by atoms with Crippen LogP contribution in [0.5, 0.6) is 11.6 Å². The van der Waals surface area contributed by atoms with Crippen LogP contribution in [0.15, 0.2) is 42.5 Å². The Morgan fingerprint density at radius 1 is 1.00 bits per heavy atom. The second-order valence-corrected chi connectivity index (χ2v) is 10.2. The fourth-order valence-electron chi connectivity index (χ4n) is 1.64. The number of ether oxygens (including phenoxy) is 1. The monoisotopic (exact) mass is 261 g/mol. The predicted molar refractivity (Wildman–Crippen MR) is 73.7 cm³/mol. The average molecular weight is 261 g/mol. The highest BCUT2D eigenvalue weighted by atomic mass is 28.3. The van der Waals surface area contributed by atoms with Crippen LogP contribution in [0.1, 0.15) is 0 Å². The summed E-state index contributed by atoms with van der Waals surface area (Å²) in [6.45, 7) is 6.26. The molecule has 2 aromatic rings. The molecular weight excluding hydrogens is 245 g/mol. The van der Waals surface area contributed by atoms with Gasteiger partial charge in [-0.2, -0.15) is 9.37 Å². The van der Waals surface area contributed by atoms with E-state index in [-0.39, 0.29) is 0 Å². The molecule has 0 aliphatic heterocycles. The van der Waals surface area contributed by atoms with Crippen LogP contribution in [0.25, 0.3) is 0 Å². The molecule has 0 radical (unpaired) electrons. The predicted octanol–water partition coefficient (Wildman–Crippen LogP) is 3.56. The van der Waals surface area contributed by atoms with Crippen molar-refractivity contribution in [3.8, 4) is 11.6 Å².